The van der Waals surface area contributed by atoms with E-state index in [1.807, 2.05) is 0 Å². The van der Waals surface area contributed by atoms with E-state index in [0.29, 0.717) is 5.92 Å². The molecular formula is C18H29NO. The van der Waals surface area contributed by atoms with Crippen LogP contribution < -0.4 is 4.74 Å². The minimum atomic E-state index is 0.714. The summed E-state index contributed by atoms with van der Waals surface area (Å²) in [5.41, 5.74) is 1.40. The summed E-state index contributed by atoms with van der Waals surface area (Å²) in [5, 5.41) is 0. The summed E-state index contributed by atoms with van der Waals surface area (Å²) < 4.78 is 5.83. The molecule has 0 unspecified atom stereocenters. The third-order valence-electron chi connectivity index (χ3n) is 3.90. The molecule has 0 bridgehead atoms. The van der Waals surface area contributed by atoms with Gasteiger partial charge in [-0.15, -0.1) is 0 Å². The third kappa shape index (κ3) is 5.54. The lowest BCUT2D eigenvalue weighted by atomic mass is 10.0. The molecule has 1 aromatic rings. The van der Waals surface area contributed by atoms with Gasteiger partial charge in [0.2, 0.25) is 0 Å². The van der Waals surface area contributed by atoms with Crippen LogP contribution in [0.3, 0.4) is 0 Å². The van der Waals surface area contributed by atoms with E-state index in [0.717, 1.165) is 25.2 Å². The topological polar surface area (TPSA) is 12.5 Å². The van der Waals surface area contributed by atoms with Crippen LogP contribution >= 0.6 is 0 Å². The molecule has 2 heteroatoms. The van der Waals surface area contributed by atoms with Gasteiger partial charge in [-0.2, -0.15) is 0 Å². The molecule has 112 valence electrons. The lowest BCUT2D eigenvalue weighted by Crippen LogP contribution is -2.31. The number of piperidine rings is 1. The molecule has 0 saturated carbocycles. The van der Waals surface area contributed by atoms with Gasteiger partial charge in [0, 0.05) is 6.54 Å². The number of hydrogen-bond acceptors (Lipinski definition) is 2. The van der Waals surface area contributed by atoms with Gasteiger partial charge in [-0.05, 0) is 62.4 Å². The highest BCUT2D eigenvalue weighted by Crippen LogP contribution is 2.15. The lowest BCUT2D eigenvalue weighted by molar-refractivity contribution is 0.205. The van der Waals surface area contributed by atoms with Gasteiger partial charge in [0.15, 0.2) is 0 Å². The van der Waals surface area contributed by atoms with Gasteiger partial charge in [-0.1, -0.05) is 32.4 Å². The van der Waals surface area contributed by atoms with Crippen molar-refractivity contribution >= 4 is 0 Å². The number of rotatable bonds is 7. The van der Waals surface area contributed by atoms with E-state index in [1.165, 1.54) is 44.5 Å². The maximum Gasteiger partial charge on any atom is 0.119 e. The second kappa shape index (κ2) is 8.31. The molecule has 0 amide bonds. The van der Waals surface area contributed by atoms with Crippen molar-refractivity contribution in [1.29, 1.82) is 0 Å². The van der Waals surface area contributed by atoms with Crippen LogP contribution in [0.15, 0.2) is 24.3 Å². The predicted molar refractivity (Wildman–Crippen MR) is 85.4 cm³/mol. The molecule has 1 aliphatic heterocycles. The average molecular weight is 275 g/mol. The zero-order valence-corrected chi connectivity index (χ0v) is 13.1. The summed E-state index contributed by atoms with van der Waals surface area (Å²) in [5.74, 6) is 1.72. The highest BCUT2D eigenvalue weighted by atomic mass is 16.5. The first-order valence-electron chi connectivity index (χ1n) is 8.18. The first-order valence-corrected chi connectivity index (χ1v) is 8.18. The van der Waals surface area contributed by atoms with E-state index < -0.39 is 0 Å². The highest BCUT2D eigenvalue weighted by Gasteiger charge is 2.09. The zero-order chi connectivity index (χ0) is 14.2. The molecule has 1 aromatic carbocycles. The molecule has 1 fully saturated rings. The van der Waals surface area contributed by atoms with Crippen LogP contribution in [-0.4, -0.2) is 31.1 Å². The monoisotopic (exact) mass is 275 g/mol. The molecule has 0 spiro atoms. The maximum atomic E-state index is 5.83. The third-order valence-corrected chi connectivity index (χ3v) is 3.90. The smallest absolute Gasteiger partial charge is 0.119 e. The first kappa shape index (κ1) is 15.4. The average Bonchev–Trinajstić information content (AvgIpc) is 2.46. The van der Waals surface area contributed by atoms with Crippen molar-refractivity contribution in [3.63, 3.8) is 0 Å². The first-order chi connectivity index (χ1) is 9.74. The standard InChI is InChI=1S/C18H29NO/c1-16(2)15-17-7-9-18(10-8-17)20-14-6-13-19-11-4-3-5-12-19/h7-10,16H,3-6,11-15H2,1-2H3. The minimum absolute atomic E-state index is 0.714. The van der Waals surface area contributed by atoms with Gasteiger partial charge >= 0.3 is 0 Å². The summed E-state index contributed by atoms with van der Waals surface area (Å²) in [4.78, 5) is 2.57. The molecule has 20 heavy (non-hydrogen) atoms. The number of nitrogens with zero attached hydrogens (tertiary/aromatic N) is 1. The van der Waals surface area contributed by atoms with Crippen LogP contribution in [0, 0.1) is 5.92 Å². The summed E-state index contributed by atoms with van der Waals surface area (Å²) in [7, 11) is 0. The SMILES string of the molecule is CC(C)Cc1ccc(OCCCN2CCCCC2)cc1. The predicted octanol–water partition coefficient (Wildman–Crippen LogP) is 4.14. The van der Waals surface area contributed by atoms with Gasteiger partial charge in [-0.25, -0.2) is 0 Å². The molecule has 2 nitrogen and oxygen atoms in total. The second-order valence-electron chi connectivity index (χ2n) is 6.35. The summed E-state index contributed by atoms with van der Waals surface area (Å²) in [6.07, 6.45) is 6.44. The van der Waals surface area contributed by atoms with Crippen LogP contribution in [0.4, 0.5) is 0 Å². The Labute approximate surface area is 124 Å². The van der Waals surface area contributed by atoms with E-state index >= 15 is 0 Å². The fraction of sp³-hybridized carbons (Fsp3) is 0.667. The Bertz CT molecular complexity index is 366. The van der Waals surface area contributed by atoms with Gasteiger partial charge in [-0.3, -0.25) is 0 Å². The molecule has 1 saturated heterocycles. The maximum absolute atomic E-state index is 5.83. The van der Waals surface area contributed by atoms with E-state index in [9.17, 15) is 0 Å². The lowest BCUT2D eigenvalue weighted by Gasteiger charge is -2.26. The Morgan fingerprint density at radius 3 is 2.40 bits per heavy atom. The van der Waals surface area contributed by atoms with Crippen molar-refractivity contribution < 1.29 is 4.74 Å². The van der Waals surface area contributed by atoms with E-state index in [-0.39, 0.29) is 0 Å². The minimum Gasteiger partial charge on any atom is -0.494 e. The summed E-state index contributed by atoms with van der Waals surface area (Å²) in [6, 6.07) is 8.61. The van der Waals surface area contributed by atoms with Crippen molar-refractivity contribution in [2.24, 2.45) is 5.92 Å². The van der Waals surface area contributed by atoms with Crippen molar-refractivity contribution in [2.45, 2.75) is 46.0 Å². The number of benzene rings is 1. The van der Waals surface area contributed by atoms with Gasteiger partial charge < -0.3 is 9.64 Å². The Morgan fingerprint density at radius 2 is 1.75 bits per heavy atom. The fourth-order valence-corrected chi connectivity index (χ4v) is 2.85. The van der Waals surface area contributed by atoms with Crippen LogP contribution in [0.25, 0.3) is 0 Å². The van der Waals surface area contributed by atoms with Crippen LogP contribution in [0.5, 0.6) is 5.75 Å². The molecule has 0 radical (unpaired) electrons. The molecule has 0 aliphatic carbocycles. The van der Waals surface area contributed by atoms with Crippen LogP contribution in [0.1, 0.15) is 45.1 Å². The van der Waals surface area contributed by atoms with Gasteiger partial charge in [0.25, 0.3) is 0 Å². The zero-order valence-electron chi connectivity index (χ0n) is 13.1. The normalized spacial score (nSPS) is 16.6. The molecule has 2 rings (SSSR count). The van der Waals surface area contributed by atoms with Gasteiger partial charge in [0.05, 0.1) is 6.61 Å². The van der Waals surface area contributed by atoms with Crippen molar-refractivity contribution in [1.82, 2.24) is 4.90 Å². The largest absolute Gasteiger partial charge is 0.494 e. The fourth-order valence-electron chi connectivity index (χ4n) is 2.85. The number of ether oxygens (including phenoxy) is 1. The molecule has 0 aromatic heterocycles. The molecule has 1 heterocycles. The second-order valence-corrected chi connectivity index (χ2v) is 6.35. The Balaban J connectivity index is 1.63. The quantitative estimate of drug-likeness (QED) is 0.693. The summed E-state index contributed by atoms with van der Waals surface area (Å²) >= 11 is 0. The molecular weight excluding hydrogens is 246 g/mol. The Kier molecular flexibility index (Phi) is 6.38. The van der Waals surface area contributed by atoms with Crippen molar-refractivity contribution in [3.05, 3.63) is 29.8 Å². The van der Waals surface area contributed by atoms with Crippen LogP contribution in [-0.2, 0) is 6.42 Å². The summed E-state index contributed by atoms with van der Waals surface area (Å²) in [6.45, 7) is 9.09. The Morgan fingerprint density at radius 1 is 1.05 bits per heavy atom. The highest BCUT2D eigenvalue weighted by molar-refractivity contribution is 5.27. The van der Waals surface area contributed by atoms with E-state index in [2.05, 4.69) is 43.0 Å². The molecule has 0 atom stereocenters. The molecule has 1 aliphatic rings. The number of hydrogen-bond donors (Lipinski definition) is 0. The number of likely N-dealkylation sites (tertiary alicyclic amines) is 1. The van der Waals surface area contributed by atoms with E-state index in [1.54, 1.807) is 0 Å². The van der Waals surface area contributed by atoms with Crippen molar-refractivity contribution in [3.8, 4) is 5.75 Å². The van der Waals surface area contributed by atoms with Crippen LogP contribution in [0.2, 0.25) is 0 Å². The van der Waals surface area contributed by atoms with Crippen molar-refractivity contribution in [2.75, 3.05) is 26.2 Å². The Hall–Kier alpha value is -1.02. The van der Waals surface area contributed by atoms with E-state index in [4.69, 9.17) is 4.74 Å². The molecule has 0 N–H and O–H groups in total. The van der Waals surface area contributed by atoms with Gasteiger partial charge in [0.1, 0.15) is 5.75 Å².